The Morgan fingerprint density at radius 1 is 1.32 bits per heavy atom. The van der Waals surface area contributed by atoms with Crippen LogP contribution in [-0.4, -0.2) is 27.8 Å². The molecule has 6 nitrogen and oxygen atoms in total. The number of hydrogen-bond acceptors (Lipinski definition) is 9. The molecule has 0 bridgehead atoms. The number of thiocarbonyl (C=S) groups is 1. The van der Waals surface area contributed by atoms with Gasteiger partial charge in [0.05, 0.1) is 15.6 Å². The molecule has 0 atom stereocenters. The number of aromatic nitrogens is 2. The van der Waals surface area contributed by atoms with E-state index < -0.39 is 0 Å². The number of benzene rings is 1. The molecule has 1 aromatic carbocycles. The van der Waals surface area contributed by atoms with Crippen LogP contribution in [0.25, 0.3) is 10.2 Å². The average molecular weight is 350 g/mol. The molecule has 3 aromatic rings. The maximum absolute atomic E-state index is 5.57. The zero-order chi connectivity index (χ0) is 15.5. The Bertz CT molecular complexity index is 823. The Hall–Kier alpha value is -2.10. The second kappa shape index (κ2) is 6.34. The zero-order valence-electron chi connectivity index (χ0n) is 11.3. The Labute approximate surface area is 139 Å². The number of fused-ring (bicyclic) bond motifs is 1. The number of rotatable bonds is 4. The van der Waals surface area contributed by atoms with Crippen molar-refractivity contribution in [3.8, 4) is 5.88 Å². The lowest BCUT2D eigenvalue weighted by Gasteiger charge is -2.04. The molecule has 0 saturated carbocycles. The summed E-state index contributed by atoms with van der Waals surface area (Å²) in [5.41, 5.74) is 6.79. The third kappa shape index (κ3) is 3.06. The predicted molar refractivity (Wildman–Crippen MR) is 92.9 cm³/mol. The largest absolute Gasteiger partial charge is 0.424 e. The smallest absolute Gasteiger partial charge is 0.233 e. The van der Waals surface area contributed by atoms with Crippen molar-refractivity contribution >= 4 is 61.0 Å². The zero-order valence-corrected chi connectivity index (χ0v) is 13.8. The van der Waals surface area contributed by atoms with E-state index in [9.17, 15) is 0 Å². The fourth-order valence-corrected chi connectivity index (χ4v) is 3.38. The molecule has 0 amide bonds. The molecular formula is C13H10N4O2S3. The predicted octanol–water partition coefficient (Wildman–Crippen LogP) is 3.09. The number of nitrogens with zero attached hydrogens (tertiary/aromatic N) is 3. The van der Waals surface area contributed by atoms with Crippen LogP contribution in [0.4, 0.5) is 5.13 Å². The molecule has 2 N–H and O–H groups in total. The van der Waals surface area contributed by atoms with Gasteiger partial charge in [0.1, 0.15) is 7.11 Å². The maximum Gasteiger partial charge on any atom is 0.233 e. The first-order valence-corrected chi connectivity index (χ1v) is 8.18. The van der Waals surface area contributed by atoms with Gasteiger partial charge in [-0.2, -0.15) is 4.98 Å². The number of nitrogen functional groups attached to an aromatic ring is 1. The highest BCUT2D eigenvalue weighted by Crippen LogP contribution is 2.24. The van der Waals surface area contributed by atoms with E-state index in [-0.39, 0.29) is 5.05 Å². The lowest BCUT2D eigenvalue weighted by Crippen LogP contribution is -2.20. The lowest BCUT2D eigenvalue weighted by atomic mass is 10.3. The van der Waals surface area contributed by atoms with Crippen LogP contribution >= 0.6 is 34.9 Å². The number of ether oxygens (including phenoxy) is 1. The van der Waals surface area contributed by atoms with Crippen LogP contribution in [0.2, 0.25) is 0 Å². The fourth-order valence-electron chi connectivity index (χ4n) is 1.69. The van der Waals surface area contributed by atoms with Crippen molar-refractivity contribution in [3.63, 3.8) is 0 Å². The molecule has 0 saturated heterocycles. The van der Waals surface area contributed by atoms with Gasteiger partial charge in [-0.1, -0.05) is 17.3 Å². The summed E-state index contributed by atoms with van der Waals surface area (Å²) in [5.74, 6) is 0.331. The standard InChI is InChI=1S/C13H10N4O2S3/c1-18-17-10(12(20)19-9-6-21-13(14)16-9)11-15-7-4-2-3-5-8(7)22-11/h2-6H,1H3,(H2,14,16). The van der Waals surface area contributed by atoms with Gasteiger partial charge in [0.25, 0.3) is 0 Å². The fraction of sp³-hybridized carbons (Fsp3) is 0.0769. The number of para-hydroxylation sites is 1. The minimum atomic E-state index is 0.131. The van der Waals surface area contributed by atoms with Gasteiger partial charge in [0, 0.05) is 0 Å². The van der Waals surface area contributed by atoms with Crippen molar-refractivity contribution in [2.45, 2.75) is 0 Å². The monoisotopic (exact) mass is 350 g/mol. The summed E-state index contributed by atoms with van der Waals surface area (Å²) in [7, 11) is 1.44. The van der Waals surface area contributed by atoms with E-state index >= 15 is 0 Å². The molecule has 22 heavy (non-hydrogen) atoms. The van der Waals surface area contributed by atoms with Crippen molar-refractivity contribution in [1.82, 2.24) is 9.97 Å². The molecule has 2 heterocycles. The van der Waals surface area contributed by atoms with Crippen molar-refractivity contribution in [2.75, 3.05) is 12.8 Å². The molecule has 0 fully saturated rings. The van der Waals surface area contributed by atoms with Crippen molar-refractivity contribution in [3.05, 3.63) is 34.7 Å². The third-order valence-electron chi connectivity index (χ3n) is 2.57. The number of oxime groups is 1. The second-order valence-corrected chi connectivity index (χ2v) is 6.31. The van der Waals surface area contributed by atoms with Gasteiger partial charge in [-0.25, -0.2) is 4.98 Å². The number of thiazole rings is 2. The Balaban J connectivity index is 1.92. The van der Waals surface area contributed by atoms with Crippen LogP contribution < -0.4 is 10.5 Å². The third-order valence-corrected chi connectivity index (χ3v) is 4.54. The maximum atomic E-state index is 5.57. The summed E-state index contributed by atoms with van der Waals surface area (Å²) in [6.45, 7) is 0. The highest BCUT2D eigenvalue weighted by Gasteiger charge is 2.19. The van der Waals surface area contributed by atoms with Crippen LogP contribution in [0.3, 0.4) is 0 Å². The van der Waals surface area contributed by atoms with Crippen molar-refractivity contribution in [2.24, 2.45) is 5.16 Å². The minimum absolute atomic E-state index is 0.131. The molecule has 0 unspecified atom stereocenters. The van der Waals surface area contributed by atoms with Gasteiger partial charge in [-0.05, 0) is 24.4 Å². The van der Waals surface area contributed by atoms with Crippen molar-refractivity contribution < 1.29 is 9.57 Å². The SMILES string of the molecule is CON=C(C(=S)Oc1csc(N)n1)c1nc2ccccc2s1. The van der Waals surface area contributed by atoms with Gasteiger partial charge < -0.3 is 15.3 Å². The number of anilines is 1. The van der Waals surface area contributed by atoms with Crippen LogP contribution in [0.15, 0.2) is 34.8 Å². The van der Waals surface area contributed by atoms with E-state index in [1.807, 2.05) is 24.3 Å². The molecule has 0 aliphatic heterocycles. The van der Waals surface area contributed by atoms with Crippen LogP contribution in [0, 0.1) is 0 Å². The van der Waals surface area contributed by atoms with Gasteiger partial charge >= 0.3 is 0 Å². The molecule has 9 heteroatoms. The minimum Gasteiger partial charge on any atom is -0.424 e. The molecule has 112 valence electrons. The van der Waals surface area contributed by atoms with E-state index in [2.05, 4.69) is 15.1 Å². The van der Waals surface area contributed by atoms with Gasteiger partial charge in [-0.3, -0.25) is 0 Å². The summed E-state index contributed by atoms with van der Waals surface area (Å²) < 4.78 is 6.54. The molecule has 0 aliphatic carbocycles. The van der Waals surface area contributed by atoms with E-state index in [0.717, 1.165) is 10.2 Å². The molecule has 2 aromatic heterocycles. The van der Waals surface area contributed by atoms with E-state index in [4.69, 9.17) is 27.5 Å². The molecule has 0 spiro atoms. The summed E-state index contributed by atoms with van der Waals surface area (Å²) >= 11 is 8.00. The number of nitrogens with two attached hydrogens (primary N) is 1. The quantitative estimate of drug-likeness (QED) is 0.442. The first kappa shape index (κ1) is 14.8. The van der Waals surface area contributed by atoms with Gasteiger partial charge in [0.15, 0.2) is 15.9 Å². The summed E-state index contributed by atoms with van der Waals surface area (Å²) in [5, 5.41) is 6.76. The summed E-state index contributed by atoms with van der Waals surface area (Å²) in [4.78, 5) is 13.4. The Morgan fingerprint density at radius 2 is 2.14 bits per heavy atom. The van der Waals surface area contributed by atoms with Crippen LogP contribution in [-0.2, 0) is 4.84 Å². The van der Waals surface area contributed by atoms with E-state index in [0.29, 0.717) is 21.7 Å². The molecule has 0 aliphatic rings. The average Bonchev–Trinajstić information content (AvgIpc) is 3.10. The summed E-state index contributed by atoms with van der Waals surface area (Å²) in [6.07, 6.45) is 0. The number of hydrogen-bond donors (Lipinski definition) is 1. The lowest BCUT2D eigenvalue weighted by molar-refractivity contribution is 0.214. The first-order valence-electron chi connectivity index (χ1n) is 6.07. The van der Waals surface area contributed by atoms with Crippen LogP contribution in [0.1, 0.15) is 5.01 Å². The topological polar surface area (TPSA) is 82.6 Å². The second-order valence-electron chi connectivity index (χ2n) is 4.02. The van der Waals surface area contributed by atoms with Gasteiger partial charge in [0.2, 0.25) is 10.9 Å². The molecule has 0 radical (unpaired) electrons. The first-order chi connectivity index (χ1) is 10.7. The van der Waals surface area contributed by atoms with Crippen molar-refractivity contribution in [1.29, 1.82) is 0 Å². The van der Waals surface area contributed by atoms with E-state index in [1.54, 1.807) is 5.38 Å². The Morgan fingerprint density at radius 3 is 2.82 bits per heavy atom. The highest BCUT2D eigenvalue weighted by atomic mass is 32.1. The highest BCUT2D eigenvalue weighted by molar-refractivity contribution is 7.82. The Kier molecular flexibility index (Phi) is 4.27. The van der Waals surface area contributed by atoms with Crippen LogP contribution in [0.5, 0.6) is 5.88 Å². The van der Waals surface area contributed by atoms with Gasteiger partial charge in [-0.15, -0.1) is 22.7 Å². The molecular weight excluding hydrogens is 340 g/mol. The molecule has 3 rings (SSSR count). The normalized spacial score (nSPS) is 11.6. The summed E-state index contributed by atoms with van der Waals surface area (Å²) in [6, 6.07) is 7.77. The van der Waals surface area contributed by atoms with E-state index in [1.165, 1.54) is 29.8 Å².